The first-order valence-electron chi connectivity index (χ1n) is 10.1. The standard InChI is InChI=1S/C22H24N4O4/c1-25(13-17-23-9-10-24-17)20(27)18-16-7-8-22(30-16)14-26(21(28)19(18)22)11-12-29-15-5-3-2-4-6-15/h2-10,16,18-19H,11-14H2,1H3,(H,23,24)/t16-,18?,19?,22-/m0/s1. The number of amides is 2. The molecule has 2 bridgehead atoms. The predicted octanol–water partition coefficient (Wildman–Crippen LogP) is 1.23. The van der Waals surface area contributed by atoms with Crippen LogP contribution in [0.25, 0.3) is 0 Å². The third-order valence-electron chi connectivity index (χ3n) is 6.16. The first kappa shape index (κ1) is 18.9. The molecule has 2 aromatic rings. The zero-order valence-electron chi connectivity index (χ0n) is 16.7. The number of aromatic nitrogens is 2. The van der Waals surface area contributed by atoms with Gasteiger partial charge in [-0.1, -0.05) is 30.4 Å². The minimum absolute atomic E-state index is 0.0386. The van der Waals surface area contributed by atoms with E-state index in [1.54, 1.807) is 29.2 Å². The molecule has 1 N–H and O–H groups in total. The Morgan fingerprint density at radius 2 is 2.23 bits per heavy atom. The summed E-state index contributed by atoms with van der Waals surface area (Å²) >= 11 is 0. The Morgan fingerprint density at radius 1 is 1.40 bits per heavy atom. The molecule has 0 radical (unpaired) electrons. The highest BCUT2D eigenvalue weighted by Gasteiger charge is 2.67. The van der Waals surface area contributed by atoms with Crippen molar-refractivity contribution in [2.45, 2.75) is 18.2 Å². The van der Waals surface area contributed by atoms with E-state index >= 15 is 0 Å². The highest BCUT2D eigenvalue weighted by molar-refractivity contribution is 5.93. The lowest BCUT2D eigenvalue weighted by atomic mass is 9.76. The maximum Gasteiger partial charge on any atom is 0.230 e. The number of aromatic amines is 1. The highest BCUT2D eigenvalue weighted by Crippen LogP contribution is 2.52. The fourth-order valence-electron chi connectivity index (χ4n) is 4.78. The number of H-pyrrole nitrogens is 1. The molecule has 4 heterocycles. The average molecular weight is 408 g/mol. The number of imidazole rings is 1. The van der Waals surface area contributed by atoms with Crippen LogP contribution in [0, 0.1) is 11.8 Å². The molecule has 30 heavy (non-hydrogen) atoms. The van der Waals surface area contributed by atoms with Crippen LogP contribution in [-0.4, -0.2) is 70.0 Å². The van der Waals surface area contributed by atoms with Gasteiger partial charge in [0, 0.05) is 19.4 Å². The molecule has 2 saturated heterocycles. The van der Waals surface area contributed by atoms with Gasteiger partial charge in [0.25, 0.3) is 0 Å². The molecule has 3 aliphatic rings. The number of fused-ring (bicyclic) bond motifs is 1. The van der Waals surface area contributed by atoms with E-state index in [1.165, 1.54) is 0 Å². The number of nitrogens with one attached hydrogen (secondary N) is 1. The van der Waals surface area contributed by atoms with Crippen molar-refractivity contribution in [1.29, 1.82) is 0 Å². The van der Waals surface area contributed by atoms with Crippen LogP contribution in [0.2, 0.25) is 0 Å². The Hall–Kier alpha value is -3.13. The van der Waals surface area contributed by atoms with Crippen molar-refractivity contribution < 1.29 is 19.1 Å². The summed E-state index contributed by atoms with van der Waals surface area (Å²) in [7, 11) is 1.73. The van der Waals surface area contributed by atoms with E-state index in [9.17, 15) is 9.59 Å². The van der Waals surface area contributed by atoms with Gasteiger partial charge in [-0.15, -0.1) is 0 Å². The topological polar surface area (TPSA) is 87.8 Å². The second-order valence-corrected chi connectivity index (χ2v) is 8.05. The average Bonchev–Trinajstić information content (AvgIpc) is 3.51. The van der Waals surface area contributed by atoms with Crippen LogP contribution in [-0.2, 0) is 20.9 Å². The Kier molecular flexibility index (Phi) is 4.58. The Morgan fingerprint density at radius 3 is 3.00 bits per heavy atom. The van der Waals surface area contributed by atoms with Gasteiger partial charge in [-0.05, 0) is 12.1 Å². The molecular formula is C22H24N4O4. The number of carbonyl (C=O) groups is 2. The molecule has 1 aromatic carbocycles. The molecule has 8 nitrogen and oxygen atoms in total. The number of nitrogens with zero attached hydrogens (tertiary/aromatic N) is 3. The van der Waals surface area contributed by atoms with Gasteiger partial charge in [-0.25, -0.2) is 4.98 Å². The van der Waals surface area contributed by atoms with Gasteiger partial charge < -0.3 is 24.3 Å². The summed E-state index contributed by atoms with van der Waals surface area (Å²) in [6.07, 6.45) is 6.92. The lowest BCUT2D eigenvalue weighted by Gasteiger charge is -2.27. The lowest BCUT2D eigenvalue weighted by molar-refractivity contribution is -0.142. The van der Waals surface area contributed by atoms with Crippen LogP contribution in [0.3, 0.4) is 0 Å². The number of carbonyl (C=O) groups excluding carboxylic acids is 2. The molecule has 5 rings (SSSR count). The van der Waals surface area contributed by atoms with Crippen molar-refractivity contribution in [1.82, 2.24) is 19.8 Å². The van der Waals surface area contributed by atoms with Gasteiger partial charge in [0.2, 0.25) is 11.8 Å². The first-order valence-corrected chi connectivity index (χ1v) is 10.1. The van der Waals surface area contributed by atoms with Gasteiger partial charge in [0.1, 0.15) is 23.8 Å². The largest absolute Gasteiger partial charge is 0.492 e. The second-order valence-electron chi connectivity index (χ2n) is 8.05. The third-order valence-corrected chi connectivity index (χ3v) is 6.16. The molecule has 3 aliphatic heterocycles. The summed E-state index contributed by atoms with van der Waals surface area (Å²) in [5, 5.41) is 0. The van der Waals surface area contributed by atoms with Crippen LogP contribution < -0.4 is 4.74 Å². The van der Waals surface area contributed by atoms with Crippen LogP contribution in [0.15, 0.2) is 54.9 Å². The first-order chi connectivity index (χ1) is 14.6. The molecule has 2 unspecified atom stereocenters. The van der Waals surface area contributed by atoms with E-state index in [2.05, 4.69) is 9.97 Å². The molecule has 0 saturated carbocycles. The molecule has 8 heteroatoms. The van der Waals surface area contributed by atoms with Crippen molar-refractivity contribution in [2.75, 3.05) is 26.7 Å². The van der Waals surface area contributed by atoms with Crippen molar-refractivity contribution >= 4 is 11.8 Å². The fraction of sp³-hybridized carbons (Fsp3) is 0.409. The number of hydrogen-bond donors (Lipinski definition) is 1. The number of likely N-dealkylation sites (tertiary alicyclic amines) is 1. The zero-order valence-corrected chi connectivity index (χ0v) is 16.7. The molecule has 2 amide bonds. The van der Waals surface area contributed by atoms with Crippen LogP contribution in [0.5, 0.6) is 5.75 Å². The number of para-hydroxylation sites is 1. The summed E-state index contributed by atoms with van der Waals surface area (Å²) in [4.78, 5) is 37.0. The smallest absolute Gasteiger partial charge is 0.230 e. The fourth-order valence-corrected chi connectivity index (χ4v) is 4.78. The van der Waals surface area contributed by atoms with E-state index in [1.807, 2.05) is 42.5 Å². The van der Waals surface area contributed by atoms with Crippen LogP contribution >= 0.6 is 0 Å². The molecule has 156 valence electrons. The normalized spacial score (nSPS) is 28.8. The summed E-state index contributed by atoms with van der Waals surface area (Å²) in [6.45, 7) is 1.66. The quantitative estimate of drug-likeness (QED) is 0.697. The third kappa shape index (κ3) is 3.08. The number of ether oxygens (including phenoxy) is 2. The lowest BCUT2D eigenvalue weighted by Crippen LogP contribution is -2.44. The molecule has 1 spiro atoms. The van der Waals surface area contributed by atoms with Gasteiger partial charge in [-0.3, -0.25) is 9.59 Å². The number of benzene rings is 1. The van der Waals surface area contributed by atoms with Gasteiger partial charge >= 0.3 is 0 Å². The summed E-state index contributed by atoms with van der Waals surface area (Å²) in [5.41, 5.74) is -0.708. The molecular weight excluding hydrogens is 384 g/mol. The van der Waals surface area contributed by atoms with E-state index < -0.39 is 17.4 Å². The van der Waals surface area contributed by atoms with E-state index in [0.29, 0.717) is 32.1 Å². The van der Waals surface area contributed by atoms with Gasteiger partial charge in [-0.2, -0.15) is 0 Å². The maximum atomic E-state index is 13.2. The summed E-state index contributed by atoms with van der Waals surface area (Å²) in [6, 6.07) is 9.52. The summed E-state index contributed by atoms with van der Waals surface area (Å²) in [5.74, 6) is 0.342. The van der Waals surface area contributed by atoms with Crippen molar-refractivity contribution in [3.63, 3.8) is 0 Å². The molecule has 2 fully saturated rings. The monoisotopic (exact) mass is 408 g/mol. The van der Waals surface area contributed by atoms with Gasteiger partial charge in [0.15, 0.2) is 0 Å². The SMILES string of the molecule is CN(Cc1ncc[nH]1)C(=O)C1C2C(=O)N(CCOc3ccccc3)C[C@@]23C=C[C@@H]1O3. The predicted molar refractivity (Wildman–Crippen MR) is 107 cm³/mol. The zero-order chi connectivity index (χ0) is 20.7. The molecule has 1 aromatic heterocycles. The minimum Gasteiger partial charge on any atom is -0.492 e. The van der Waals surface area contributed by atoms with E-state index in [-0.39, 0.29) is 17.9 Å². The van der Waals surface area contributed by atoms with E-state index in [4.69, 9.17) is 9.47 Å². The molecule has 4 atom stereocenters. The minimum atomic E-state index is -0.708. The Bertz CT molecular complexity index is 961. The van der Waals surface area contributed by atoms with Crippen molar-refractivity contribution in [2.24, 2.45) is 11.8 Å². The van der Waals surface area contributed by atoms with Crippen molar-refractivity contribution in [3.8, 4) is 5.75 Å². The van der Waals surface area contributed by atoms with E-state index in [0.717, 1.165) is 5.75 Å². The number of rotatable bonds is 7. The van der Waals surface area contributed by atoms with Crippen LogP contribution in [0.1, 0.15) is 5.82 Å². The van der Waals surface area contributed by atoms with Gasteiger partial charge in [0.05, 0.1) is 37.6 Å². The van der Waals surface area contributed by atoms with Crippen LogP contribution in [0.4, 0.5) is 0 Å². The second kappa shape index (κ2) is 7.28. The maximum absolute atomic E-state index is 13.2. The highest BCUT2D eigenvalue weighted by atomic mass is 16.5. The number of hydrogen-bond acceptors (Lipinski definition) is 5. The molecule has 0 aliphatic carbocycles. The van der Waals surface area contributed by atoms with Crippen molar-refractivity contribution in [3.05, 3.63) is 60.7 Å². The summed E-state index contributed by atoms with van der Waals surface area (Å²) < 4.78 is 11.9. The Balaban J connectivity index is 1.27. The Labute approximate surface area is 174 Å².